The average molecular weight is 272 g/mol. The zero-order valence-electron chi connectivity index (χ0n) is 12.0. The van der Waals surface area contributed by atoms with E-state index < -0.39 is 0 Å². The molecule has 5 heteroatoms. The Bertz CT molecular complexity index is 513. The van der Waals surface area contributed by atoms with E-state index in [0.717, 1.165) is 31.6 Å². The van der Waals surface area contributed by atoms with E-state index in [1.165, 1.54) is 0 Å². The molecular weight excluding hydrogens is 252 g/mol. The largest absolute Gasteiger partial charge is 0.381 e. The Balaban J connectivity index is 1.92. The minimum atomic E-state index is 0.0703. The third-order valence-electron chi connectivity index (χ3n) is 3.56. The van der Waals surface area contributed by atoms with Crippen LogP contribution in [-0.4, -0.2) is 49.1 Å². The SMILES string of the molecule is CN(C)C(=O)N1CCC(Nc2ccccc2C#N)CC1. The predicted molar refractivity (Wildman–Crippen MR) is 78.5 cm³/mol. The van der Waals surface area contributed by atoms with E-state index in [1.54, 1.807) is 19.0 Å². The molecule has 2 amide bonds. The summed E-state index contributed by atoms with van der Waals surface area (Å²) in [5.41, 5.74) is 1.55. The van der Waals surface area contributed by atoms with Crippen LogP contribution in [0.2, 0.25) is 0 Å². The first kappa shape index (κ1) is 14.2. The van der Waals surface area contributed by atoms with Crippen molar-refractivity contribution in [1.82, 2.24) is 9.80 Å². The van der Waals surface area contributed by atoms with Gasteiger partial charge in [-0.3, -0.25) is 0 Å². The number of hydrogen-bond acceptors (Lipinski definition) is 3. The number of carbonyl (C=O) groups is 1. The zero-order valence-corrected chi connectivity index (χ0v) is 12.0. The van der Waals surface area contributed by atoms with Crippen LogP contribution >= 0.6 is 0 Å². The van der Waals surface area contributed by atoms with E-state index in [9.17, 15) is 4.79 Å². The molecule has 0 spiro atoms. The van der Waals surface area contributed by atoms with Crippen LogP contribution in [0, 0.1) is 11.3 Å². The quantitative estimate of drug-likeness (QED) is 0.897. The Labute approximate surface area is 119 Å². The van der Waals surface area contributed by atoms with Gasteiger partial charge in [-0.25, -0.2) is 4.79 Å². The molecule has 1 fully saturated rings. The molecule has 0 bridgehead atoms. The number of carbonyl (C=O) groups excluding carboxylic acids is 1. The molecule has 0 aromatic heterocycles. The maximum atomic E-state index is 11.9. The van der Waals surface area contributed by atoms with Crippen molar-refractivity contribution in [1.29, 1.82) is 5.26 Å². The number of nitrogens with zero attached hydrogens (tertiary/aromatic N) is 3. The van der Waals surface area contributed by atoms with Crippen molar-refractivity contribution in [3.05, 3.63) is 29.8 Å². The van der Waals surface area contributed by atoms with Crippen molar-refractivity contribution in [2.75, 3.05) is 32.5 Å². The Morgan fingerprint density at radius 3 is 2.60 bits per heavy atom. The second-order valence-electron chi connectivity index (χ2n) is 5.24. The van der Waals surface area contributed by atoms with E-state index in [1.807, 2.05) is 29.2 Å². The van der Waals surface area contributed by atoms with Crippen molar-refractivity contribution in [2.24, 2.45) is 0 Å². The number of nitrogens with one attached hydrogen (secondary N) is 1. The van der Waals surface area contributed by atoms with E-state index in [2.05, 4.69) is 11.4 Å². The number of nitriles is 1. The first-order valence-corrected chi connectivity index (χ1v) is 6.83. The molecule has 1 aliphatic rings. The van der Waals surface area contributed by atoms with E-state index in [-0.39, 0.29) is 6.03 Å². The summed E-state index contributed by atoms with van der Waals surface area (Å²) in [4.78, 5) is 15.3. The van der Waals surface area contributed by atoms with Gasteiger partial charge >= 0.3 is 6.03 Å². The lowest BCUT2D eigenvalue weighted by Gasteiger charge is -2.34. The lowest BCUT2D eigenvalue weighted by Crippen LogP contribution is -2.46. The molecule has 1 aromatic carbocycles. The Kier molecular flexibility index (Phi) is 4.46. The summed E-state index contributed by atoms with van der Waals surface area (Å²) in [7, 11) is 3.55. The van der Waals surface area contributed by atoms with E-state index in [0.29, 0.717) is 11.6 Å². The summed E-state index contributed by atoms with van der Waals surface area (Å²) in [6, 6.07) is 10.1. The highest BCUT2D eigenvalue weighted by molar-refractivity contribution is 5.74. The molecule has 2 rings (SSSR count). The first-order valence-electron chi connectivity index (χ1n) is 6.83. The molecule has 106 valence electrons. The molecule has 0 atom stereocenters. The molecule has 1 saturated heterocycles. The first-order chi connectivity index (χ1) is 9.61. The fourth-order valence-corrected chi connectivity index (χ4v) is 2.42. The van der Waals surface area contributed by atoms with Gasteiger partial charge in [-0.2, -0.15) is 5.26 Å². The van der Waals surface area contributed by atoms with Gasteiger partial charge in [-0.1, -0.05) is 12.1 Å². The lowest BCUT2D eigenvalue weighted by molar-refractivity contribution is 0.158. The highest BCUT2D eigenvalue weighted by Crippen LogP contribution is 2.20. The standard InChI is InChI=1S/C15H20N4O/c1-18(2)15(20)19-9-7-13(8-10-19)17-14-6-4-3-5-12(14)11-16/h3-6,13,17H,7-10H2,1-2H3. The third-order valence-corrected chi connectivity index (χ3v) is 3.56. The fraction of sp³-hybridized carbons (Fsp3) is 0.467. The number of para-hydroxylation sites is 1. The van der Waals surface area contributed by atoms with Gasteiger partial charge in [0.25, 0.3) is 0 Å². The minimum absolute atomic E-state index is 0.0703. The van der Waals surface area contributed by atoms with Gasteiger partial charge in [0.15, 0.2) is 0 Å². The van der Waals surface area contributed by atoms with Crippen LogP contribution in [0.5, 0.6) is 0 Å². The molecule has 1 aromatic rings. The van der Waals surface area contributed by atoms with Gasteiger partial charge in [0.1, 0.15) is 6.07 Å². The minimum Gasteiger partial charge on any atom is -0.381 e. The number of benzene rings is 1. The zero-order chi connectivity index (χ0) is 14.5. The summed E-state index contributed by atoms with van der Waals surface area (Å²) in [5.74, 6) is 0. The van der Waals surface area contributed by atoms with Crippen LogP contribution in [0.1, 0.15) is 18.4 Å². The number of piperidine rings is 1. The normalized spacial score (nSPS) is 15.6. The van der Waals surface area contributed by atoms with Gasteiger partial charge in [0.2, 0.25) is 0 Å². The highest BCUT2D eigenvalue weighted by atomic mass is 16.2. The van der Waals surface area contributed by atoms with Crippen molar-refractivity contribution in [3.63, 3.8) is 0 Å². The second-order valence-corrected chi connectivity index (χ2v) is 5.24. The number of urea groups is 1. The van der Waals surface area contributed by atoms with Crippen molar-refractivity contribution < 1.29 is 4.79 Å². The Morgan fingerprint density at radius 2 is 2.00 bits per heavy atom. The molecular formula is C15H20N4O. The monoisotopic (exact) mass is 272 g/mol. The summed E-state index contributed by atoms with van der Waals surface area (Å²) in [5, 5.41) is 12.5. The molecule has 1 aliphatic heterocycles. The summed E-state index contributed by atoms with van der Waals surface area (Å²) in [6.07, 6.45) is 1.80. The molecule has 5 nitrogen and oxygen atoms in total. The number of anilines is 1. The van der Waals surface area contributed by atoms with Crippen LogP contribution in [0.15, 0.2) is 24.3 Å². The van der Waals surface area contributed by atoms with Gasteiger partial charge in [-0.05, 0) is 25.0 Å². The summed E-state index contributed by atoms with van der Waals surface area (Å²) >= 11 is 0. The smallest absolute Gasteiger partial charge is 0.319 e. The summed E-state index contributed by atoms with van der Waals surface area (Å²) < 4.78 is 0. The third kappa shape index (κ3) is 3.21. The Morgan fingerprint density at radius 1 is 1.35 bits per heavy atom. The predicted octanol–water partition coefficient (Wildman–Crippen LogP) is 2.12. The van der Waals surface area contributed by atoms with Gasteiger partial charge in [-0.15, -0.1) is 0 Å². The van der Waals surface area contributed by atoms with Gasteiger partial charge in [0, 0.05) is 33.2 Å². The molecule has 0 aliphatic carbocycles. The topological polar surface area (TPSA) is 59.4 Å². The van der Waals surface area contributed by atoms with Crippen LogP contribution in [0.25, 0.3) is 0 Å². The number of rotatable bonds is 2. The van der Waals surface area contributed by atoms with Crippen LogP contribution in [0.3, 0.4) is 0 Å². The van der Waals surface area contributed by atoms with Crippen molar-refractivity contribution >= 4 is 11.7 Å². The van der Waals surface area contributed by atoms with Crippen LogP contribution in [0.4, 0.5) is 10.5 Å². The number of hydrogen-bond donors (Lipinski definition) is 1. The lowest BCUT2D eigenvalue weighted by atomic mass is 10.0. The van der Waals surface area contributed by atoms with E-state index in [4.69, 9.17) is 5.26 Å². The summed E-state index contributed by atoms with van der Waals surface area (Å²) in [6.45, 7) is 1.51. The van der Waals surface area contributed by atoms with Crippen molar-refractivity contribution in [3.8, 4) is 6.07 Å². The second kappa shape index (κ2) is 6.29. The molecule has 0 saturated carbocycles. The fourth-order valence-electron chi connectivity index (χ4n) is 2.42. The molecule has 0 unspecified atom stereocenters. The van der Waals surface area contributed by atoms with Gasteiger partial charge in [0.05, 0.1) is 11.3 Å². The molecule has 1 N–H and O–H groups in total. The highest BCUT2D eigenvalue weighted by Gasteiger charge is 2.23. The van der Waals surface area contributed by atoms with Crippen LogP contribution in [-0.2, 0) is 0 Å². The molecule has 20 heavy (non-hydrogen) atoms. The van der Waals surface area contributed by atoms with Crippen LogP contribution < -0.4 is 5.32 Å². The number of likely N-dealkylation sites (tertiary alicyclic amines) is 1. The number of amides is 2. The van der Waals surface area contributed by atoms with Crippen molar-refractivity contribution in [2.45, 2.75) is 18.9 Å². The molecule has 1 heterocycles. The van der Waals surface area contributed by atoms with Gasteiger partial charge < -0.3 is 15.1 Å². The van der Waals surface area contributed by atoms with E-state index >= 15 is 0 Å². The average Bonchev–Trinajstić information content (AvgIpc) is 2.48. The molecule has 0 radical (unpaired) electrons. The maximum Gasteiger partial charge on any atom is 0.319 e. The Hall–Kier alpha value is -2.22. The maximum absolute atomic E-state index is 11.9.